The minimum absolute atomic E-state index is 0.00455. The first-order valence-electron chi connectivity index (χ1n) is 6.97. The number of nitrogens with one attached hydrogen (secondary N) is 1. The Hall–Kier alpha value is -2.32. The van der Waals surface area contributed by atoms with Crippen LogP contribution in [-0.4, -0.2) is 48.1 Å². The minimum Gasteiger partial charge on any atom is -0.395 e. The molecule has 0 unspecified atom stereocenters. The van der Waals surface area contributed by atoms with E-state index in [1.165, 1.54) is 0 Å². The molecule has 110 valence electrons. The number of nitrogens with zero attached hydrogens (tertiary/aromatic N) is 1. The van der Waals surface area contributed by atoms with Crippen LogP contribution in [0.3, 0.4) is 0 Å². The Morgan fingerprint density at radius 3 is 3.00 bits per heavy atom. The highest BCUT2D eigenvalue weighted by atomic mass is 16.2. The zero-order valence-corrected chi connectivity index (χ0v) is 11.8. The summed E-state index contributed by atoms with van der Waals surface area (Å²) in [6.45, 7) is 1.23. The molecule has 1 fully saturated rings. The summed E-state index contributed by atoms with van der Waals surface area (Å²) in [5.74, 6) is 5.41. The molecule has 0 radical (unpaired) electrons. The van der Waals surface area contributed by atoms with Gasteiger partial charge >= 0.3 is 0 Å². The van der Waals surface area contributed by atoms with Crippen LogP contribution in [0, 0.1) is 11.8 Å². The van der Waals surface area contributed by atoms with Crippen LogP contribution in [0.15, 0.2) is 24.3 Å². The lowest BCUT2D eigenvalue weighted by molar-refractivity contribution is -0.121. The molecule has 1 aromatic carbocycles. The van der Waals surface area contributed by atoms with Crippen molar-refractivity contribution in [3.05, 3.63) is 35.4 Å². The highest BCUT2D eigenvalue weighted by molar-refractivity contribution is 5.98. The second kappa shape index (κ2) is 7.46. The maximum Gasteiger partial charge on any atom is 0.255 e. The first kappa shape index (κ1) is 15.1. The van der Waals surface area contributed by atoms with E-state index in [-0.39, 0.29) is 25.0 Å². The molecular weight excluding hydrogens is 268 g/mol. The van der Waals surface area contributed by atoms with Gasteiger partial charge in [0, 0.05) is 25.1 Å². The summed E-state index contributed by atoms with van der Waals surface area (Å²) in [6, 6.07) is 7.08. The second-order valence-electron chi connectivity index (χ2n) is 4.75. The van der Waals surface area contributed by atoms with E-state index in [0.29, 0.717) is 30.6 Å². The summed E-state index contributed by atoms with van der Waals surface area (Å²) in [5.41, 5.74) is 1.12. The zero-order chi connectivity index (χ0) is 15.1. The van der Waals surface area contributed by atoms with Gasteiger partial charge in [-0.05, 0) is 18.6 Å². The van der Waals surface area contributed by atoms with Gasteiger partial charge in [-0.2, -0.15) is 0 Å². The predicted octanol–water partition coefficient (Wildman–Crippen LogP) is 0.383. The van der Waals surface area contributed by atoms with Gasteiger partial charge in [0.2, 0.25) is 5.91 Å². The van der Waals surface area contributed by atoms with Gasteiger partial charge < -0.3 is 15.3 Å². The summed E-state index contributed by atoms with van der Waals surface area (Å²) in [6.07, 6.45) is 1.12. The molecule has 0 aliphatic carbocycles. The zero-order valence-electron chi connectivity index (χ0n) is 11.8. The Kier molecular flexibility index (Phi) is 5.35. The van der Waals surface area contributed by atoms with Crippen LogP contribution in [-0.2, 0) is 4.79 Å². The third kappa shape index (κ3) is 4.07. The number of carbonyl (C=O) groups is 2. The molecular formula is C16H18N2O3. The van der Waals surface area contributed by atoms with Crippen LogP contribution in [0.1, 0.15) is 28.8 Å². The molecule has 0 atom stereocenters. The van der Waals surface area contributed by atoms with Crippen LogP contribution in [0.2, 0.25) is 0 Å². The molecule has 1 saturated heterocycles. The third-order valence-electron chi connectivity index (χ3n) is 3.17. The summed E-state index contributed by atoms with van der Waals surface area (Å²) >= 11 is 0. The number of hydrogen-bond donors (Lipinski definition) is 2. The molecule has 1 heterocycles. The van der Waals surface area contributed by atoms with Crippen molar-refractivity contribution < 1.29 is 14.7 Å². The standard InChI is InChI=1S/C16H18N2O3/c19-11-4-3-7-13-6-1-2-8-14(13)16(21)18-10-5-9-17-15(20)12-18/h1-2,6,8,19H,4-5,9-12H2,(H,17,20). The van der Waals surface area contributed by atoms with Gasteiger partial charge in [-0.15, -0.1) is 0 Å². The average molecular weight is 286 g/mol. The SMILES string of the molecule is O=C1CN(C(=O)c2ccccc2C#CCCO)CCCN1. The quantitative estimate of drug-likeness (QED) is 0.772. The van der Waals surface area contributed by atoms with Crippen LogP contribution in [0.25, 0.3) is 0 Å². The molecule has 1 aliphatic heterocycles. The van der Waals surface area contributed by atoms with Crippen molar-refractivity contribution in [3.63, 3.8) is 0 Å². The molecule has 2 amide bonds. The van der Waals surface area contributed by atoms with Crippen molar-refractivity contribution in [1.29, 1.82) is 0 Å². The van der Waals surface area contributed by atoms with Crippen LogP contribution >= 0.6 is 0 Å². The van der Waals surface area contributed by atoms with E-state index in [4.69, 9.17) is 5.11 Å². The molecule has 1 aromatic rings. The highest BCUT2D eigenvalue weighted by Gasteiger charge is 2.22. The average Bonchev–Trinajstić information content (AvgIpc) is 2.72. The summed E-state index contributed by atoms with van der Waals surface area (Å²) in [5, 5.41) is 11.5. The van der Waals surface area contributed by atoms with E-state index in [2.05, 4.69) is 17.2 Å². The molecule has 21 heavy (non-hydrogen) atoms. The van der Waals surface area contributed by atoms with Gasteiger partial charge in [-0.25, -0.2) is 0 Å². The second-order valence-corrected chi connectivity index (χ2v) is 4.75. The fourth-order valence-electron chi connectivity index (χ4n) is 2.14. The molecule has 0 aromatic heterocycles. The van der Waals surface area contributed by atoms with Gasteiger partial charge in [0.1, 0.15) is 0 Å². The molecule has 1 aliphatic rings. The summed E-state index contributed by atoms with van der Waals surface area (Å²) in [4.78, 5) is 25.7. The smallest absolute Gasteiger partial charge is 0.255 e. The maximum atomic E-state index is 12.6. The largest absolute Gasteiger partial charge is 0.395 e. The molecule has 0 saturated carbocycles. The maximum absolute atomic E-state index is 12.6. The van der Waals surface area contributed by atoms with Crippen molar-refractivity contribution in [1.82, 2.24) is 10.2 Å². The van der Waals surface area contributed by atoms with Gasteiger partial charge in [0.25, 0.3) is 5.91 Å². The lowest BCUT2D eigenvalue weighted by Crippen LogP contribution is -2.37. The van der Waals surface area contributed by atoms with E-state index in [0.717, 1.165) is 6.42 Å². The fourth-order valence-corrected chi connectivity index (χ4v) is 2.14. The first-order chi connectivity index (χ1) is 10.2. The lowest BCUT2D eigenvalue weighted by atomic mass is 10.1. The van der Waals surface area contributed by atoms with E-state index < -0.39 is 0 Å². The number of hydrogen-bond acceptors (Lipinski definition) is 3. The molecule has 5 nitrogen and oxygen atoms in total. The van der Waals surface area contributed by atoms with E-state index in [1.54, 1.807) is 23.1 Å². The summed E-state index contributed by atoms with van der Waals surface area (Å²) in [7, 11) is 0. The topological polar surface area (TPSA) is 69.6 Å². The van der Waals surface area contributed by atoms with Gasteiger partial charge in [-0.1, -0.05) is 24.0 Å². The van der Waals surface area contributed by atoms with Crippen molar-refractivity contribution in [3.8, 4) is 11.8 Å². The molecule has 0 bridgehead atoms. The van der Waals surface area contributed by atoms with Gasteiger partial charge in [-0.3, -0.25) is 9.59 Å². The molecule has 2 N–H and O–H groups in total. The molecule has 0 spiro atoms. The predicted molar refractivity (Wildman–Crippen MR) is 78.6 cm³/mol. The number of aliphatic hydroxyl groups excluding tert-OH is 1. The minimum atomic E-state index is -0.180. The number of aliphatic hydroxyl groups is 1. The van der Waals surface area contributed by atoms with E-state index in [9.17, 15) is 9.59 Å². The van der Waals surface area contributed by atoms with Crippen LogP contribution in [0.4, 0.5) is 0 Å². The molecule has 2 rings (SSSR count). The van der Waals surface area contributed by atoms with Crippen molar-refractivity contribution in [2.75, 3.05) is 26.2 Å². The Labute approximate surface area is 124 Å². The summed E-state index contributed by atoms with van der Waals surface area (Å²) < 4.78 is 0. The molecule has 5 heteroatoms. The number of benzene rings is 1. The van der Waals surface area contributed by atoms with Gasteiger partial charge in [0.15, 0.2) is 0 Å². The third-order valence-corrected chi connectivity index (χ3v) is 3.17. The monoisotopic (exact) mass is 286 g/mol. The first-order valence-corrected chi connectivity index (χ1v) is 6.97. The van der Waals surface area contributed by atoms with Crippen LogP contribution < -0.4 is 5.32 Å². The highest BCUT2D eigenvalue weighted by Crippen LogP contribution is 2.12. The Bertz CT molecular complexity index is 587. The van der Waals surface area contributed by atoms with Gasteiger partial charge in [0.05, 0.1) is 18.7 Å². The Morgan fingerprint density at radius 2 is 2.19 bits per heavy atom. The number of amides is 2. The van der Waals surface area contributed by atoms with E-state index >= 15 is 0 Å². The number of rotatable bonds is 2. The lowest BCUT2D eigenvalue weighted by Gasteiger charge is -2.19. The van der Waals surface area contributed by atoms with Crippen molar-refractivity contribution in [2.24, 2.45) is 0 Å². The Morgan fingerprint density at radius 1 is 1.38 bits per heavy atom. The van der Waals surface area contributed by atoms with Crippen molar-refractivity contribution in [2.45, 2.75) is 12.8 Å². The fraction of sp³-hybridized carbons (Fsp3) is 0.375. The van der Waals surface area contributed by atoms with E-state index in [1.807, 2.05) is 6.07 Å². The normalized spacial score (nSPS) is 14.7. The van der Waals surface area contributed by atoms with Crippen molar-refractivity contribution >= 4 is 11.8 Å². The Balaban J connectivity index is 2.22. The number of carbonyl (C=O) groups excluding carboxylic acids is 2. The van der Waals surface area contributed by atoms with Crippen LogP contribution in [0.5, 0.6) is 0 Å².